The van der Waals surface area contributed by atoms with Crippen LogP contribution in [0.15, 0.2) is 42.5 Å². The number of aromatic nitrogens is 4. The van der Waals surface area contributed by atoms with Crippen LogP contribution in [0.25, 0.3) is 0 Å². The van der Waals surface area contributed by atoms with Gasteiger partial charge in [0, 0.05) is 24.6 Å². The van der Waals surface area contributed by atoms with E-state index >= 15 is 0 Å². The van der Waals surface area contributed by atoms with Gasteiger partial charge >= 0.3 is 5.92 Å². The third-order valence-corrected chi connectivity index (χ3v) is 5.53. The predicted molar refractivity (Wildman–Crippen MR) is 108 cm³/mol. The van der Waals surface area contributed by atoms with Crippen LogP contribution >= 0.6 is 0 Å². The Kier molecular flexibility index (Phi) is 8.01. The highest BCUT2D eigenvalue weighted by molar-refractivity contribution is 5.23. The van der Waals surface area contributed by atoms with Gasteiger partial charge in [-0.1, -0.05) is 60.5 Å². The molecule has 1 aromatic carbocycles. The molecule has 3 atom stereocenters. The summed E-state index contributed by atoms with van der Waals surface area (Å²) in [7, 11) is 0. The van der Waals surface area contributed by atoms with E-state index in [9.17, 15) is 19.0 Å². The molecule has 0 radical (unpaired) electrons. The molecule has 0 spiro atoms. The minimum Gasteiger partial charge on any atom is -0.382 e. The number of tetrazole rings is 1. The van der Waals surface area contributed by atoms with E-state index < -0.39 is 18.3 Å². The number of alkyl halides is 2. The largest absolute Gasteiger partial charge is 0.382 e. The molecule has 0 saturated carbocycles. The fourth-order valence-corrected chi connectivity index (χ4v) is 3.80. The summed E-state index contributed by atoms with van der Waals surface area (Å²) in [6, 6.07) is 7.17. The third-order valence-electron chi connectivity index (χ3n) is 5.53. The fraction of sp³-hybridized carbons (Fsp3) is 0.571. The lowest BCUT2D eigenvalue weighted by Crippen LogP contribution is -2.36. The summed E-state index contributed by atoms with van der Waals surface area (Å²) >= 11 is 0. The van der Waals surface area contributed by atoms with Gasteiger partial charge < -0.3 is 10.2 Å². The molecule has 1 fully saturated rings. The Morgan fingerprint density at radius 1 is 1.17 bits per heavy atom. The molecule has 30 heavy (non-hydrogen) atoms. The van der Waals surface area contributed by atoms with Crippen LogP contribution in [0.1, 0.15) is 49.9 Å². The van der Waals surface area contributed by atoms with Crippen molar-refractivity contribution in [1.29, 1.82) is 0 Å². The number of likely N-dealkylation sites (tertiary alicyclic amines) is 1. The Hall–Kier alpha value is -2.23. The Bertz CT molecular complexity index is 773. The normalized spacial score (nSPS) is 21.5. The summed E-state index contributed by atoms with van der Waals surface area (Å²) in [6.07, 6.45) is 6.20. The monoisotopic (exact) mass is 421 g/mol. The lowest BCUT2D eigenvalue weighted by Gasteiger charge is -2.26. The van der Waals surface area contributed by atoms with Crippen molar-refractivity contribution < 1.29 is 19.0 Å². The number of aliphatic hydroxyl groups excluding tert-OH is 2. The van der Waals surface area contributed by atoms with Gasteiger partial charge in [0.1, 0.15) is 12.3 Å². The van der Waals surface area contributed by atoms with Crippen molar-refractivity contribution >= 4 is 0 Å². The maximum Gasteiger partial charge on any atom is 0.302 e. The smallest absolute Gasteiger partial charge is 0.302 e. The quantitative estimate of drug-likeness (QED) is 0.381. The first kappa shape index (κ1) is 22.5. The molecule has 3 N–H and O–H groups in total. The molecule has 1 aromatic heterocycles. The van der Waals surface area contributed by atoms with E-state index in [0.29, 0.717) is 25.2 Å². The molecule has 164 valence electrons. The van der Waals surface area contributed by atoms with Crippen LogP contribution in [0.5, 0.6) is 0 Å². The molecule has 7 nitrogen and oxygen atoms in total. The molecule has 0 unspecified atom stereocenters. The molecule has 3 rings (SSSR count). The highest BCUT2D eigenvalue weighted by atomic mass is 19.3. The number of aliphatic hydroxyl groups is 2. The minimum atomic E-state index is -3.36. The van der Waals surface area contributed by atoms with Crippen LogP contribution in [0.4, 0.5) is 8.78 Å². The van der Waals surface area contributed by atoms with E-state index in [0.717, 1.165) is 38.2 Å². The lowest BCUT2D eigenvalue weighted by molar-refractivity contribution is -0.0930. The number of H-pyrrole nitrogens is 1. The second kappa shape index (κ2) is 10.7. The lowest BCUT2D eigenvalue weighted by atomic mass is 10.0. The van der Waals surface area contributed by atoms with Gasteiger partial charge in [-0.15, -0.1) is 10.2 Å². The van der Waals surface area contributed by atoms with E-state index in [4.69, 9.17) is 0 Å². The topological polar surface area (TPSA) is 98.2 Å². The zero-order valence-electron chi connectivity index (χ0n) is 16.9. The highest BCUT2D eigenvalue weighted by Crippen LogP contribution is 2.33. The number of unbranched alkanes of at least 4 members (excludes halogenated alkanes) is 3. The van der Waals surface area contributed by atoms with Gasteiger partial charge in [0.25, 0.3) is 0 Å². The summed E-state index contributed by atoms with van der Waals surface area (Å²) in [4.78, 5) is 1.92. The van der Waals surface area contributed by atoms with Crippen LogP contribution < -0.4 is 0 Å². The first-order valence-electron chi connectivity index (χ1n) is 10.4. The number of hydrogen-bond donors (Lipinski definition) is 3. The highest BCUT2D eigenvalue weighted by Gasteiger charge is 2.39. The van der Waals surface area contributed by atoms with Gasteiger partial charge in [0.05, 0.1) is 0 Å². The van der Waals surface area contributed by atoms with Crippen LogP contribution in [-0.2, 0) is 12.3 Å². The predicted octanol–water partition coefficient (Wildman–Crippen LogP) is 2.79. The van der Waals surface area contributed by atoms with Gasteiger partial charge in [-0.2, -0.15) is 14.0 Å². The van der Waals surface area contributed by atoms with Gasteiger partial charge in [-0.05, 0) is 25.7 Å². The van der Waals surface area contributed by atoms with Crippen LogP contribution in [0.3, 0.4) is 0 Å². The Morgan fingerprint density at radius 2 is 1.93 bits per heavy atom. The molecule has 2 heterocycles. The average Bonchev–Trinajstić information content (AvgIpc) is 3.39. The number of hydrogen-bond acceptors (Lipinski definition) is 6. The summed E-state index contributed by atoms with van der Waals surface area (Å²) in [5.74, 6) is -2.65. The molecule has 1 aliphatic heterocycles. The van der Waals surface area contributed by atoms with Crippen molar-refractivity contribution in [3.8, 4) is 0 Å². The van der Waals surface area contributed by atoms with Gasteiger partial charge in [0.15, 0.2) is 5.82 Å². The molecule has 0 amide bonds. The number of nitrogens with zero attached hydrogens (tertiary/aromatic N) is 4. The van der Waals surface area contributed by atoms with E-state index in [2.05, 4.69) is 20.6 Å². The van der Waals surface area contributed by atoms with Crippen molar-refractivity contribution in [3.05, 3.63) is 53.9 Å². The maximum absolute atomic E-state index is 14.4. The molecule has 0 bridgehead atoms. The molecule has 0 aliphatic carbocycles. The van der Waals surface area contributed by atoms with Crippen LogP contribution in [0.2, 0.25) is 0 Å². The molecule has 2 aromatic rings. The first-order chi connectivity index (χ1) is 14.5. The van der Waals surface area contributed by atoms with Crippen LogP contribution in [0, 0.1) is 0 Å². The van der Waals surface area contributed by atoms with Gasteiger partial charge in [-0.25, -0.2) is 0 Å². The molecular formula is C21H29F2N5O2. The number of halogens is 2. The summed E-state index contributed by atoms with van der Waals surface area (Å²) in [6.45, 7) is 0.684. The second-order valence-corrected chi connectivity index (χ2v) is 7.67. The summed E-state index contributed by atoms with van der Waals surface area (Å²) in [5.41, 5.74) is -0.216. The van der Waals surface area contributed by atoms with E-state index in [-0.39, 0.29) is 11.6 Å². The molecule has 1 saturated heterocycles. The van der Waals surface area contributed by atoms with Crippen molar-refractivity contribution in [3.63, 3.8) is 0 Å². The van der Waals surface area contributed by atoms with Gasteiger partial charge in [-0.3, -0.25) is 4.90 Å². The number of rotatable bonds is 11. The first-order valence-corrected chi connectivity index (χ1v) is 10.4. The van der Waals surface area contributed by atoms with E-state index in [1.54, 1.807) is 12.1 Å². The third kappa shape index (κ3) is 5.90. The standard InChI is InChI=1S/C21H29F2N5O2/c22-21(23,16-8-4-3-5-9-16)18(29)13-11-17-12-14-20(30)28(17)15-7-2-1-6-10-19-24-26-27-25-19/h3-5,8-9,11,13,17-18,20,29-30H,1-2,6-7,10,12,14-15H2,(H,24,25,26,27)/b13-11+/t17-,18-,20-/m0/s1. The summed E-state index contributed by atoms with van der Waals surface area (Å²) in [5, 5.41) is 34.1. The maximum atomic E-state index is 14.4. The Balaban J connectivity index is 1.45. The Morgan fingerprint density at radius 3 is 2.67 bits per heavy atom. The number of aromatic amines is 1. The number of benzene rings is 1. The fourth-order valence-electron chi connectivity index (χ4n) is 3.80. The number of aryl methyl sites for hydroxylation is 1. The average molecular weight is 421 g/mol. The zero-order chi connectivity index (χ0) is 21.4. The van der Waals surface area contributed by atoms with Crippen molar-refractivity contribution in [2.45, 2.75) is 69.2 Å². The van der Waals surface area contributed by atoms with Crippen LogP contribution in [-0.4, -0.2) is 60.7 Å². The van der Waals surface area contributed by atoms with Crippen molar-refractivity contribution in [2.24, 2.45) is 0 Å². The molecule has 9 heteroatoms. The minimum absolute atomic E-state index is 0.152. The van der Waals surface area contributed by atoms with Crippen molar-refractivity contribution in [1.82, 2.24) is 25.5 Å². The van der Waals surface area contributed by atoms with Crippen molar-refractivity contribution in [2.75, 3.05) is 6.54 Å². The van der Waals surface area contributed by atoms with E-state index in [1.807, 2.05) is 4.90 Å². The SMILES string of the molecule is O[C@H]1CC[C@H](/C=C/[C@H](O)C(F)(F)c2ccccc2)N1CCCCCCc1nn[nH]n1. The summed E-state index contributed by atoms with van der Waals surface area (Å²) < 4.78 is 28.9. The van der Waals surface area contributed by atoms with Gasteiger partial charge in [0.2, 0.25) is 0 Å². The second-order valence-electron chi connectivity index (χ2n) is 7.67. The molecular weight excluding hydrogens is 392 g/mol. The molecule has 1 aliphatic rings. The Labute approximate surface area is 174 Å². The van der Waals surface area contributed by atoms with E-state index in [1.165, 1.54) is 24.3 Å². The number of nitrogens with one attached hydrogen (secondary N) is 1. The zero-order valence-corrected chi connectivity index (χ0v) is 16.9.